The zero-order chi connectivity index (χ0) is 21.0. The third-order valence-corrected chi connectivity index (χ3v) is 4.87. The Hall–Kier alpha value is -3.39. The second-order valence-electron chi connectivity index (χ2n) is 6.77. The number of carbonyl (C=O) groups excluding carboxylic acids is 2. The van der Waals surface area contributed by atoms with E-state index in [2.05, 4.69) is 10.6 Å². The van der Waals surface area contributed by atoms with Crippen molar-refractivity contribution in [1.82, 2.24) is 10.6 Å². The lowest BCUT2D eigenvalue weighted by Gasteiger charge is -2.18. The van der Waals surface area contributed by atoms with Crippen molar-refractivity contribution in [3.05, 3.63) is 59.7 Å². The normalized spacial score (nSPS) is 14.3. The SMILES string of the molecule is C[C@H](NC(=O)OCC1c2ccccc2-c2ccccc21)C(=O)N[C@@H](CO)C(=O)O. The quantitative estimate of drug-likeness (QED) is 0.560. The standard InChI is InChI=1S/C21H22N2O6/c1-12(19(25)23-18(10-24)20(26)27)22-21(28)29-11-17-15-8-4-2-6-13(15)14-7-3-5-9-16(14)17/h2-9,12,17-18,24H,10-11H2,1H3,(H,22,28)(H,23,25)(H,26,27)/t12-,18-/m0/s1. The van der Waals surface area contributed by atoms with Gasteiger partial charge in [0.15, 0.2) is 0 Å². The van der Waals surface area contributed by atoms with Gasteiger partial charge in [0.25, 0.3) is 0 Å². The highest BCUT2D eigenvalue weighted by molar-refractivity contribution is 5.89. The molecule has 8 heteroatoms. The Morgan fingerprint density at radius 3 is 2.07 bits per heavy atom. The maximum Gasteiger partial charge on any atom is 0.407 e. The summed E-state index contributed by atoms with van der Waals surface area (Å²) in [4.78, 5) is 35.0. The summed E-state index contributed by atoms with van der Waals surface area (Å²) in [5, 5.41) is 22.3. The Balaban J connectivity index is 1.60. The molecule has 0 spiro atoms. The zero-order valence-electron chi connectivity index (χ0n) is 15.8. The van der Waals surface area contributed by atoms with Crippen molar-refractivity contribution in [3.63, 3.8) is 0 Å². The summed E-state index contributed by atoms with van der Waals surface area (Å²) >= 11 is 0. The minimum atomic E-state index is -1.44. The van der Waals surface area contributed by atoms with Crippen LogP contribution in [0.3, 0.4) is 0 Å². The molecular formula is C21H22N2O6. The number of nitrogens with one attached hydrogen (secondary N) is 2. The van der Waals surface area contributed by atoms with Crippen LogP contribution < -0.4 is 10.6 Å². The molecule has 0 saturated carbocycles. The van der Waals surface area contributed by atoms with E-state index in [0.29, 0.717) is 0 Å². The van der Waals surface area contributed by atoms with E-state index in [4.69, 9.17) is 14.9 Å². The Morgan fingerprint density at radius 2 is 1.55 bits per heavy atom. The molecule has 0 unspecified atom stereocenters. The fourth-order valence-electron chi connectivity index (χ4n) is 3.36. The maximum absolute atomic E-state index is 12.1. The van der Waals surface area contributed by atoms with E-state index in [1.165, 1.54) is 6.92 Å². The highest BCUT2D eigenvalue weighted by Gasteiger charge is 2.29. The largest absolute Gasteiger partial charge is 0.480 e. The van der Waals surface area contributed by atoms with E-state index >= 15 is 0 Å². The van der Waals surface area contributed by atoms with Crippen molar-refractivity contribution in [1.29, 1.82) is 0 Å². The van der Waals surface area contributed by atoms with Gasteiger partial charge in [-0.15, -0.1) is 0 Å². The first-order valence-electron chi connectivity index (χ1n) is 9.18. The molecule has 8 nitrogen and oxygen atoms in total. The molecule has 29 heavy (non-hydrogen) atoms. The van der Waals surface area contributed by atoms with E-state index < -0.39 is 36.7 Å². The summed E-state index contributed by atoms with van der Waals surface area (Å²) < 4.78 is 5.34. The Labute approximate surface area is 167 Å². The average Bonchev–Trinajstić information content (AvgIpc) is 3.03. The molecule has 2 amide bonds. The molecule has 0 bridgehead atoms. The van der Waals surface area contributed by atoms with Crippen molar-refractivity contribution < 1.29 is 29.3 Å². The molecule has 4 N–H and O–H groups in total. The van der Waals surface area contributed by atoms with Gasteiger partial charge in [0.05, 0.1) is 6.61 Å². The lowest BCUT2D eigenvalue weighted by atomic mass is 9.98. The van der Waals surface area contributed by atoms with Crippen LogP contribution in [-0.4, -0.2) is 53.5 Å². The van der Waals surface area contributed by atoms with Crippen molar-refractivity contribution in [2.45, 2.75) is 24.9 Å². The molecule has 0 aromatic heterocycles. The van der Waals surface area contributed by atoms with E-state index in [0.717, 1.165) is 22.3 Å². The number of hydrogen-bond donors (Lipinski definition) is 4. The molecule has 0 saturated heterocycles. The number of fused-ring (bicyclic) bond motifs is 3. The molecule has 1 aliphatic carbocycles. The van der Waals surface area contributed by atoms with Crippen molar-refractivity contribution in [2.75, 3.05) is 13.2 Å². The summed E-state index contributed by atoms with van der Waals surface area (Å²) in [6, 6.07) is 13.4. The van der Waals surface area contributed by atoms with Crippen LogP contribution in [-0.2, 0) is 14.3 Å². The molecule has 0 fully saturated rings. The van der Waals surface area contributed by atoms with Gasteiger partial charge >= 0.3 is 12.1 Å². The number of benzene rings is 2. The molecule has 152 valence electrons. The zero-order valence-corrected chi connectivity index (χ0v) is 15.8. The van der Waals surface area contributed by atoms with E-state index in [9.17, 15) is 14.4 Å². The van der Waals surface area contributed by atoms with Gasteiger partial charge in [-0.05, 0) is 29.2 Å². The highest BCUT2D eigenvalue weighted by atomic mass is 16.5. The van der Waals surface area contributed by atoms with Gasteiger partial charge in [-0.25, -0.2) is 9.59 Å². The van der Waals surface area contributed by atoms with E-state index in [1.54, 1.807) is 0 Å². The number of aliphatic hydroxyl groups excluding tert-OH is 1. The van der Waals surface area contributed by atoms with Crippen LogP contribution in [0.4, 0.5) is 4.79 Å². The van der Waals surface area contributed by atoms with Crippen molar-refractivity contribution in [3.8, 4) is 11.1 Å². The number of carboxylic acids is 1. The lowest BCUT2D eigenvalue weighted by Crippen LogP contribution is -2.51. The molecule has 3 rings (SSSR count). The lowest BCUT2D eigenvalue weighted by molar-refractivity contribution is -0.143. The smallest absolute Gasteiger partial charge is 0.407 e. The summed E-state index contributed by atoms with van der Waals surface area (Å²) in [6.45, 7) is 0.744. The Kier molecular flexibility index (Phi) is 6.13. The number of alkyl carbamates (subject to hydrolysis) is 1. The highest BCUT2D eigenvalue weighted by Crippen LogP contribution is 2.44. The minimum absolute atomic E-state index is 0.0998. The first kappa shape index (κ1) is 20.3. The molecule has 2 atom stereocenters. The van der Waals surface area contributed by atoms with Gasteiger partial charge in [-0.2, -0.15) is 0 Å². The summed E-state index contributed by atoms with van der Waals surface area (Å²) in [5.41, 5.74) is 4.35. The Bertz CT molecular complexity index is 883. The summed E-state index contributed by atoms with van der Waals surface area (Å²) in [7, 11) is 0. The number of carbonyl (C=O) groups is 3. The van der Waals surface area contributed by atoms with Crippen molar-refractivity contribution in [2.24, 2.45) is 0 Å². The average molecular weight is 398 g/mol. The topological polar surface area (TPSA) is 125 Å². The summed E-state index contributed by atoms with van der Waals surface area (Å²) in [6.07, 6.45) is -0.787. The van der Waals surface area contributed by atoms with Gasteiger partial charge < -0.3 is 25.6 Å². The molecule has 2 aromatic carbocycles. The summed E-state index contributed by atoms with van der Waals surface area (Å²) in [5.74, 6) is -2.21. The van der Waals surface area contributed by atoms with Gasteiger partial charge in [-0.1, -0.05) is 48.5 Å². The van der Waals surface area contributed by atoms with Crippen molar-refractivity contribution >= 4 is 18.0 Å². The van der Waals surface area contributed by atoms with Crippen LogP contribution >= 0.6 is 0 Å². The second kappa shape index (κ2) is 8.74. The number of aliphatic hydroxyl groups is 1. The fraction of sp³-hybridized carbons (Fsp3) is 0.286. The molecule has 0 aliphatic heterocycles. The van der Waals surface area contributed by atoms with Crippen LogP contribution in [0.1, 0.15) is 24.0 Å². The number of carboxylic acid groups (broad SMARTS) is 1. The third kappa shape index (κ3) is 4.38. The monoisotopic (exact) mass is 398 g/mol. The number of ether oxygens (including phenoxy) is 1. The van der Waals surface area contributed by atoms with Crippen LogP contribution in [0, 0.1) is 0 Å². The predicted molar refractivity (Wildman–Crippen MR) is 104 cm³/mol. The first-order valence-corrected chi connectivity index (χ1v) is 9.18. The molecular weight excluding hydrogens is 376 g/mol. The number of hydrogen-bond acceptors (Lipinski definition) is 5. The molecule has 0 heterocycles. The van der Waals surface area contributed by atoms with Crippen LogP contribution in [0.15, 0.2) is 48.5 Å². The predicted octanol–water partition coefficient (Wildman–Crippen LogP) is 1.48. The van der Waals surface area contributed by atoms with E-state index in [1.807, 2.05) is 48.5 Å². The van der Waals surface area contributed by atoms with Crippen LogP contribution in [0.2, 0.25) is 0 Å². The van der Waals surface area contributed by atoms with Gasteiger partial charge in [0.1, 0.15) is 18.7 Å². The number of amides is 2. The second-order valence-corrected chi connectivity index (χ2v) is 6.77. The first-order chi connectivity index (χ1) is 13.9. The molecule has 0 radical (unpaired) electrons. The Morgan fingerprint density at radius 1 is 1.00 bits per heavy atom. The fourth-order valence-corrected chi connectivity index (χ4v) is 3.36. The van der Waals surface area contributed by atoms with E-state index in [-0.39, 0.29) is 12.5 Å². The minimum Gasteiger partial charge on any atom is -0.480 e. The van der Waals surface area contributed by atoms with Crippen LogP contribution in [0.5, 0.6) is 0 Å². The van der Waals surface area contributed by atoms with Crippen LogP contribution in [0.25, 0.3) is 11.1 Å². The van der Waals surface area contributed by atoms with Gasteiger partial charge in [-0.3, -0.25) is 4.79 Å². The number of aliphatic carboxylic acids is 1. The number of rotatable bonds is 7. The van der Waals surface area contributed by atoms with Gasteiger partial charge in [0, 0.05) is 5.92 Å². The maximum atomic E-state index is 12.1. The third-order valence-electron chi connectivity index (χ3n) is 4.87. The molecule has 1 aliphatic rings. The van der Waals surface area contributed by atoms with Gasteiger partial charge in [0.2, 0.25) is 5.91 Å². The molecule has 2 aromatic rings.